The summed E-state index contributed by atoms with van der Waals surface area (Å²) in [7, 11) is 0. The molecule has 0 spiro atoms. The largest absolute Gasteiger partial charge is 0.456 e. The summed E-state index contributed by atoms with van der Waals surface area (Å²) in [5.74, 6) is -2.80. The molecule has 8 nitrogen and oxygen atoms in total. The van der Waals surface area contributed by atoms with Crippen LogP contribution in [-0.4, -0.2) is 29.5 Å². The fourth-order valence-electron chi connectivity index (χ4n) is 2.87. The van der Waals surface area contributed by atoms with Crippen LogP contribution >= 0.6 is 0 Å². The molecule has 2 N–H and O–H groups in total. The molecule has 3 amide bonds. The van der Waals surface area contributed by atoms with E-state index in [4.69, 9.17) is 9.15 Å². The predicted octanol–water partition coefficient (Wildman–Crippen LogP) is 4.06. The van der Waals surface area contributed by atoms with Gasteiger partial charge in [-0.15, -0.1) is 0 Å². The SMILES string of the molecule is Cc1cccc(NC(=O)NC(=O)COC(=O)CCc2ncc(-c3ccc(F)cc3F)o2)c1C. The van der Waals surface area contributed by atoms with Crippen molar-refractivity contribution in [1.82, 2.24) is 10.3 Å². The molecule has 3 aromatic rings. The van der Waals surface area contributed by atoms with Crippen molar-refractivity contribution in [3.05, 3.63) is 71.2 Å². The summed E-state index contributed by atoms with van der Waals surface area (Å²) in [4.78, 5) is 39.6. The summed E-state index contributed by atoms with van der Waals surface area (Å²) in [6, 6.07) is 7.65. The van der Waals surface area contributed by atoms with Gasteiger partial charge in [-0.1, -0.05) is 12.1 Å². The first-order valence-corrected chi connectivity index (χ1v) is 9.95. The van der Waals surface area contributed by atoms with Crippen LogP contribution < -0.4 is 10.6 Å². The van der Waals surface area contributed by atoms with E-state index in [1.165, 1.54) is 12.3 Å². The normalized spacial score (nSPS) is 10.5. The minimum Gasteiger partial charge on any atom is -0.456 e. The Morgan fingerprint density at radius 1 is 1.12 bits per heavy atom. The van der Waals surface area contributed by atoms with Crippen LogP contribution in [0.25, 0.3) is 11.3 Å². The maximum atomic E-state index is 13.8. The first-order chi connectivity index (χ1) is 15.7. The Kier molecular flexibility index (Phi) is 7.50. The van der Waals surface area contributed by atoms with E-state index in [0.717, 1.165) is 23.3 Å². The van der Waals surface area contributed by atoms with E-state index < -0.39 is 36.1 Å². The van der Waals surface area contributed by atoms with Crippen LogP contribution in [-0.2, 0) is 20.7 Å². The number of aromatic nitrogens is 1. The summed E-state index contributed by atoms with van der Waals surface area (Å²) < 4.78 is 37.1. The van der Waals surface area contributed by atoms with Gasteiger partial charge in [-0.05, 0) is 43.2 Å². The predicted molar refractivity (Wildman–Crippen MR) is 114 cm³/mol. The molecule has 0 unspecified atom stereocenters. The zero-order chi connectivity index (χ0) is 24.0. The number of hydrogen-bond acceptors (Lipinski definition) is 6. The van der Waals surface area contributed by atoms with Crippen LogP contribution in [0.1, 0.15) is 23.4 Å². The number of amides is 3. The topological polar surface area (TPSA) is 111 Å². The van der Waals surface area contributed by atoms with Crippen molar-refractivity contribution in [2.75, 3.05) is 11.9 Å². The molecule has 1 aromatic heterocycles. The molecule has 0 aliphatic rings. The third-order valence-corrected chi connectivity index (χ3v) is 4.76. The number of benzene rings is 2. The van der Waals surface area contributed by atoms with E-state index in [1.807, 2.05) is 19.9 Å². The summed E-state index contributed by atoms with van der Waals surface area (Å²) in [5.41, 5.74) is 2.44. The number of anilines is 1. The van der Waals surface area contributed by atoms with Crippen LogP contribution in [0.5, 0.6) is 0 Å². The number of nitrogens with one attached hydrogen (secondary N) is 2. The first-order valence-electron chi connectivity index (χ1n) is 9.95. The van der Waals surface area contributed by atoms with Crippen molar-refractivity contribution in [3.63, 3.8) is 0 Å². The number of rotatable bonds is 7. The van der Waals surface area contributed by atoms with Gasteiger partial charge in [0.05, 0.1) is 18.2 Å². The molecule has 33 heavy (non-hydrogen) atoms. The fourth-order valence-corrected chi connectivity index (χ4v) is 2.87. The molecule has 0 saturated carbocycles. The minimum atomic E-state index is -0.801. The van der Waals surface area contributed by atoms with E-state index in [1.54, 1.807) is 12.1 Å². The molecular weight excluding hydrogens is 436 g/mol. The van der Waals surface area contributed by atoms with E-state index in [-0.39, 0.29) is 30.1 Å². The average molecular weight is 457 g/mol. The number of carbonyl (C=O) groups is 3. The molecular formula is C23H21F2N3O5. The number of urea groups is 1. The van der Waals surface area contributed by atoms with Gasteiger partial charge in [-0.2, -0.15) is 0 Å². The number of esters is 1. The Labute approximate surface area is 188 Å². The fraction of sp³-hybridized carbons (Fsp3) is 0.217. The zero-order valence-electron chi connectivity index (χ0n) is 17.9. The Morgan fingerprint density at radius 3 is 2.67 bits per heavy atom. The third kappa shape index (κ3) is 6.45. The van der Waals surface area contributed by atoms with Crippen molar-refractivity contribution in [2.24, 2.45) is 0 Å². The highest BCUT2D eigenvalue weighted by atomic mass is 19.1. The Hall–Kier alpha value is -4.08. The van der Waals surface area contributed by atoms with Crippen molar-refractivity contribution in [2.45, 2.75) is 26.7 Å². The van der Waals surface area contributed by atoms with Gasteiger partial charge in [0.25, 0.3) is 5.91 Å². The van der Waals surface area contributed by atoms with Gasteiger partial charge in [0.1, 0.15) is 11.6 Å². The number of hydrogen-bond donors (Lipinski definition) is 2. The van der Waals surface area contributed by atoms with E-state index in [0.29, 0.717) is 5.69 Å². The third-order valence-electron chi connectivity index (χ3n) is 4.76. The van der Waals surface area contributed by atoms with Gasteiger partial charge in [-0.3, -0.25) is 14.9 Å². The second-order valence-electron chi connectivity index (χ2n) is 7.15. The number of aryl methyl sites for hydroxylation is 2. The molecule has 0 bridgehead atoms. The molecule has 0 atom stereocenters. The van der Waals surface area contributed by atoms with Gasteiger partial charge in [-0.25, -0.2) is 18.6 Å². The Balaban J connectivity index is 1.42. The number of ether oxygens (including phenoxy) is 1. The average Bonchev–Trinajstić information content (AvgIpc) is 3.22. The minimum absolute atomic E-state index is 0.0357. The summed E-state index contributed by atoms with van der Waals surface area (Å²) in [5, 5.41) is 4.64. The van der Waals surface area contributed by atoms with E-state index >= 15 is 0 Å². The number of oxazole rings is 1. The van der Waals surface area contributed by atoms with Crippen LogP contribution in [0.4, 0.5) is 19.3 Å². The lowest BCUT2D eigenvalue weighted by molar-refractivity contribution is -0.148. The maximum absolute atomic E-state index is 13.8. The van der Waals surface area contributed by atoms with Gasteiger partial charge < -0.3 is 14.5 Å². The standard InChI is InChI=1S/C23H21F2N3O5/c1-13-4-3-5-18(14(13)2)27-23(31)28-20(29)12-32-22(30)9-8-21-26-11-19(33-21)16-7-6-15(24)10-17(16)25/h3-7,10-11H,8-9,12H2,1-2H3,(H2,27,28,29,31). The van der Waals surface area contributed by atoms with Crippen molar-refractivity contribution in [3.8, 4) is 11.3 Å². The summed E-state index contributed by atoms with van der Waals surface area (Å²) >= 11 is 0. The lowest BCUT2D eigenvalue weighted by atomic mass is 10.1. The van der Waals surface area contributed by atoms with Crippen LogP contribution in [0.2, 0.25) is 0 Å². The smallest absolute Gasteiger partial charge is 0.325 e. The lowest BCUT2D eigenvalue weighted by Crippen LogP contribution is -2.37. The van der Waals surface area contributed by atoms with E-state index in [9.17, 15) is 23.2 Å². The number of carbonyl (C=O) groups excluding carboxylic acids is 3. The highest BCUT2D eigenvalue weighted by Crippen LogP contribution is 2.24. The second-order valence-corrected chi connectivity index (χ2v) is 7.15. The molecule has 1 heterocycles. The molecule has 10 heteroatoms. The number of imide groups is 1. The Bertz CT molecular complexity index is 1190. The molecule has 0 saturated heterocycles. The summed E-state index contributed by atoms with van der Waals surface area (Å²) in [6.45, 7) is 3.08. The molecule has 0 aliphatic heterocycles. The maximum Gasteiger partial charge on any atom is 0.325 e. The van der Waals surface area contributed by atoms with Gasteiger partial charge >= 0.3 is 12.0 Å². The zero-order valence-corrected chi connectivity index (χ0v) is 17.9. The molecule has 2 aromatic carbocycles. The molecule has 172 valence electrons. The molecule has 3 rings (SSSR count). The van der Waals surface area contributed by atoms with Crippen molar-refractivity contribution < 1.29 is 32.3 Å². The molecule has 0 aliphatic carbocycles. The highest BCUT2D eigenvalue weighted by molar-refractivity contribution is 6.02. The number of halogens is 2. The van der Waals surface area contributed by atoms with Crippen LogP contribution in [0.15, 0.2) is 47.0 Å². The van der Waals surface area contributed by atoms with Crippen LogP contribution in [0, 0.1) is 25.5 Å². The first kappa shape index (κ1) is 23.6. The lowest BCUT2D eigenvalue weighted by Gasteiger charge is -2.11. The second kappa shape index (κ2) is 10.5. The highest BCUT2D eigenvalue weighted by Gasteiger charge is 2.15. The van der Waals surface area contributed by atoms with Crippen molar-refractivity contribution in [1.29, 1.82) is 0 Å². The molecule has 0 radical (unpaired) electrons. The number of nitrogens with zero attached hydrogens (tertiary/aromatic N) is 1. The van der Waals surface area contributed by atoms with Crippen LogP contribution in [0.3, 0.4) is 0 Å². The molecule has 0 fully saturated rings. The van der Waals surface area contributed by atoms with Crippen molar-refractivity contribution >= 4 is 23.6 Å². The quantitative estimate of drug-likeness (QED) is 0.518. The monoisotopic (exact) mass is 457 g/mol. The summed E-state index contributed by atoms with van der Waals surface area (Å²) in [6.07, 6.45) is 1.14. The van der Waals surface area contributed by atoms with Gasteiger partial charge in [0, 0.05) is 18.2 Å². The van der Waals surface area contributed by atoms with Gasteiger partial charge in [0.2, 0.25) is 0 Å². The van der Waals surface area contributed by atoms with E-state index in [2.05, 4.69) is 15.6 Å². The Morgan fingerprint density at radius 2 is 1.91 bits per heavy atom. The van der Waals surface area contributed by atoms with Gasteiger partial charge in [0.15, 0.2) is 18.3 Å².